The second-order valence-corrected chi connectivity index (χ2v) is 7.28. The number of carbonyl (C=O) groups excluding carboxylic acids is 1. The number of ether oxygens (including phenoxy) is 1. The molecule has 1 fully saturated rings. The summed E-state index contributed by atoms with van der Waals surface area (Å²) < 4.78 is 5.70. The molecule has 3 rings (SSSR count). The summed E-state index contributed by atoms with van der Waals surface area (Å²) in [6.07, 6.45) is 1.87. The number of nitrogens with zero attached hydrogens (tertiary/aromatic N) is 1. The molecule has 1 amide bonds. The molecule has 0 saturated carbocycles. The lowest BCUT2D eigenvalue weighted by Crippen LogP contribution is -2.38. The molecule has 0 spiro atoms. The lowest BCUT2D eigenvalue weighted by Gasteiger charge is -2.33. The van der Waals surface area contributed by atoms with Crippen LogP contribution in [0.5, 0.6) is 5.75 Å². The molecule has 0 radical (unpaired) electrons. The molecule has 1 N–H and O–H groups in total. The van der Waals surface area contributed by atoms with Gasteiger partial charge in [-0.15, -0.1) is 0 Å². The Morgan fingerprint density at radius 2 is 1.81 bits per heavy atom. The molecule has 0 aliphatic carbocycles. The van der Waals surface area contributed by atoms with E-state index in [4.69, 9.17) is 4.74 Å². The predicted molar refractivity (Wildman–Crippen MR) is 107 cm³/mol. The number of hydrogen-bond donors (Lipinski definition) is 1. The molecule has 26 heavy (non-hydrogen) atoms. The van der Waals surface area contributed by atoms with Crippen molar-refractivity contribution in [3.05, 3.63) is 54.1 Å². The van der Waals surface area contributed by atoms with E-state index in [9.17, 15) is 4.79 Å². The number of anilines is 2. The van der Waals surface area contributed by atoms with E-state index in [1.165, 1.54) is 11.3 Å². The first kappa shape index (κ1) is 18.3. The minimum atomic E-state index is 0.0615. The summed E-state index contributed by atoms with van der Waals surface area (Å²) >= 11 is 0. The standard InChI is InChI=1S/C22H28N2O2/c1-16(2)26-21-6-4-5-19(15-21)23-22(25)18-11-13-24(14-12-18)20-9-7-17(3)8-10-20/h4-10,15-16,18H,11-14H2,1-3H3,(H,23,25). The normalized spacial score (nSPS) is 15.2. The summed E-state index contributed by atoms with van der Waals surface area (Å²) in [5, 5.41) is 3.05. The van der Waals surface area contributed by atoms with Crippen molar-refractivity contribution in [1.82, 2.24) is 0 Å². The molecular weight excluding hydrogens is 324 g/mol. The topological polar surface area (TPSA) is 41.6 Å². The third-order valence-corrected chi connectivity index (χ3v) is 4.74. The van der Waals surface area contributed by atoms with E-state index in [2.05, 4.69) is 41.4 Å². The van der Waals surface area contributed by atoms with Gasteiger partial charge >= 0.3 is 0 Å². The number of amides is 1. The summed E-state index contributed by atoms with van der Waals surface area (Å²) in [6, 6.07) is 16.2. The van der Waals surface area contributed by atoms with Gasteiger partial charge in [-0.05, 0) is 57.9 Å². The molecule has 1 aliphatic heterocycles. The lowest BCUT2D eigenvalue weighted by molar-refractivity contribution is -0.120. The Balaban J connectivity index is 1.54. The van der Waals surface area contributed by atoms with Gasteiger partial charge in [0.1, 0.15) is 5.75 Å². The van der Waals surface area contributed by atoms with E-state index >= 15 is 0 Å². The minimum absolute atomic E-state index is 0.0615. The molecule has 2 aromatic carbocycles. The average molecular weight is 352 g/mol. The molecule has 138 valence electrons. The van der Waals surface area contributed by atoms with Gasteiger partial charge in [-0.1, -0.05) is 23.8 Å². The third kappa shape index (κ3) is 4.78. The number of piperidine rings is 1. The average Bonchev–Trinajstić information content (AvgIpc) is 2.62. The van der Waals surface area contributed by atoms with Gasteiger partial charge in [0.2, 0.25) is 5.91 Å². The molecule has 1 saturated heterocycles. The van der Waals surface area contributed by atoms with Gasteiger partial charge in [0.25, 0.3) is 0 Å². The largest absolute Gasteiger partial charge is 0.491 e. The fourth-order valence-electron chi connectivity index (χ4n) is 3.32. The molecule has 0 atom stereocenters. The van der Waals surface area contributed by atoms with E-state index in [0.717, 1.165) is 37.4 Å². The quantitative estimate of drug-likeness (QED) is 0.852. The van der Waals surface area contributed by atoms with E-state index in [-0.39, 0.29) is 17.9 Å². The fraction of sp³-hybridized carbons (Fsp3) is 0.409. The molecule has 1 heterocycles. The summed E-state index contributed by atoms with van der Waals surface area (Å²) in [5.74, 6) is 0.952. The van der Waals surface area contributed by atoms with Gasteiger partial charge in [0.15, 0.2) is 0 Å². The Kier molecular flexibility index (Phi) is 5.82. The van der Waals surface area contributed by atoms with Crippen LogP contribution in [-0.2, 0) is 4.79 Å². The van der Waals surface area contributed by atoms with Crippen molar-refractivity contribution in [2.24, 2.45) is 5.92 Å². The Bertz CT molecular complexity index is 732. The number of hydrogen-bond acceptors (Lipinski definition) is 3. The number of benzene rings is 2. The maximum absolute atomic E-state index is 12.6. The highest BCUT2D eigenvalue weighted by atomic mass is 16.5. The number of aryl methyl sites for hydroxylation is 1. The second kappa shape index (κ2) is 8.26. The minimum Gasteiger partial charge on any atom is -0.491 e. The van der Waals surface area contributed by atoms with Crippen molar-refractivity contribution in [3.63, 3.8) is 0 Å². The van der Waals surface area contributed by atoms with Gasteiger partial charge in [-0.25, -0.2) is 0 Å². The zero-order chi connectivity index (χ0) is 18.5. The number of rotatable bonds is 5. The van der Waals surface area contributed by atoms with E-state index in [1.54, 1.807) is 0 Å². The van der Waals surface area contributed by atoms with Crippen molar-refractivity contribution in [1.29, 1.82) is 0 Å². The van der Waals surface area contributed by atoms with Crippen molar-refractivity contribution >= 4 is 17.3 Å². The monoisotopic (exact) mass is 352 g/mol. The Labute approximate surface area is 156 Å². The maximum Gasteiger partial charge on any atom is 0.227 e. The van der Waals surface area contributed by atoms with Crippen LogP contribution in [0.3, 0.4) is 0 Å². The van der Waals surface area contributed by atoms with Gasteiger partial charge < -0.3 is 15.0 Å². The van der Waals surface area contributed by atoms with Crippen LogP contribution >= 0.6 is 0 Å². The van der Waals surface area contributed by atoms with Crippen LogP contribution in [-0.4, -0.2) is 25.1 Å². The highest BCUT2D eigenvalue weighted by Gasteiger charge is 2.25. The summed E-state index contributed by atoms with van der Waals surface area (Å²) in [4.78, 5) is 15.0. The lowest BCUT2D eigenvalue weighted by atomic mass is 9.95. The Morgan fingerprint density at radius 3 is 2.46 bits per heavy atom. The van der Waals surface area contributed by atoms with Gasteiger partial charge in [-0.3, -0.25) is 4.79 Å². The highest BCUT2D eigenvalue weighted by molar-refractivity contribution is 5.92. The fourth-order valence-corrected chi connectivity index (χ4v) is 3.32. The summed E-state index contributed by atoms with van der Waals surface area (Å²) in [5.41, 5.74) is 3.31. The first-order chi connectivity index (χ1) is 12.5. The summed E-state index contributed by atoms with van der Waals surface area (Å²) in [6.45, 7) is 7.91. The van der Waals surface area contributed by atoms with Crippen LogP contribution in [0.15, 0.2) is 48.5 Å². The first-order valence-corrected chi connectivity index (χ1v) is 9.40. The summed E-state index contributed by atoms with van der Waals surface area (Å²) in [7, 11) is 0. The molecule has 0 bridgehead atoms. The van der Waals surface area contributed by atoms with Gasteiger partial charge in [0, 0.05) is 36.4 Å². The van der Waals surface area contributed by atoms with Crippen LogP contribution < -0.4 is 15.0 Å². The van der Waals surface area contributed by atoms with Crippen LogP contribution in [0.4, 0.5) is 11.4 Å². The maximum atomic E-state index is 12.6. The number of carbonyl (C=O) groups is 1. The van der Waals surface area contributed by atoms with E-state index < -0.39 is 0 Å². The van der Waals surface area contributed by atoms with Gasteiger partial charge in [0.05, 0.1) is 6.10 Å². The molecule has 4 nitrogen and oxygen atoms in total. The molecule has 1 aliphatic rings. The Morgan fingerprint density at radius 1 is 1.12 bits per heavy atom. The zero-order valence-corrected chi connectivity index (χ0v) is 15.9. The molecule has 4 heteroatoms. The Hall–Kier alpha value is -2.49. The smallest absolute Gasteiger partial charge is 0.227 e. The SMILES string of the molecule is Cc1ccc(N2CCC(C(=O)Nc3cccc(OC(C)C)c3)CC2)cc1. The second-order valence-electron chi connectivity index (χ2n) is 7.28. The zero-order valence-electron chi connectivity index (χ0n) is 15.9. The van der Waals surface area contributed by atoms with Crippen LogP contribution in [0, 0.1) is 12.8 Å². The van der Waals surface area contributed by atoms with E-state index in [1.807, 2.05) is 38.1 Å². The molecule has 0 unspecified atom stereocenters. The van der Waals surface area contributed by atoms with E-state index in [0.29, 0.717) is 0 Å². The first-order valence-electron chi connectivity index (χ1n) is 9.40. The van der Waals surface area contributed by atoms with Crippen molar-refractivity contribution in [2.75, 3.05) is 23.3 Å². The predicted octanol–water partition coefficient (Wildman–Crippen LogP) is 4.64. The van der Waals surface area contributed by atoms with Crippen LogP contribution in [0.25, 0.3) is 0 Å². The van der Waals surface area contributed by atoms with Gasteiger partial charge in [-0.2, -0.15) is 0 Å². The van der Waals surface area contributed by atoms with Crippen LogP contribution in [0.1, 0.15) is 32.3 Å². The number of nitrogens with one attached hydrogen (secondary N) is 1. The molecular formula is C22H28N2O2. The third-order valence-electron chi connectivity index (χ3n) is 4.74. The van der Waals surface area contributed by atoms with Crippen molar-refractivity contribution in [2.45, 2.75) is 39.7 Å². The highest BCUT2D eigenvalue weighted by Crippen LogP contribution is 2.25. The molecule has 2 aromatic rings. The van der Waals surface area contributed by atoms with Crippen molar-refractivity contribution in [3.8, 4) is 5.75 Å². The van der Waals surface area contributed by atoms with Crippen LogP contribution in [0.2, 0.25) is 0 Å². The molecule has 0 aromatic heterocycles. The van der Waals surface area contributed by atoms with Crippen molar-refractivity contribution < 1.29 is 9.53 Å².